The number of halogens is 4. The van der Waals surface area contributed by atoms with Crippen molar-refractivity contribution in [2.45, 2.75) is 52.1 Å². The highest BCUT2D eigenvalue weighted by molar-refractivity contribution is 6.00. The number of pyridine rings is 1. The van der Waals surface area contributed by atoms with E-state index in [9.17, 15) is 32.4 Å². The Morgan fingerprint density at radius 2 is 1.92 bits per heavy atom. The summed E-state index contributed by atoms with van der Waals surface area (Å²) in [7, 11) is 1.24. The SMILES string of the molecule is COC(=O)Nc1ccc2c(c1)NC(=O)C(C)(C)CCC[C@H](c1ccc(-c3cc(F)ccc3-n3cc(C(F)(F)F)cn3)c[n+]1[O-])c1nc-2c(C)[nH]1. The van der Waals surface area contributed by atoms with E-state index in [2.05, 4.69) is 20.7 Å². The summed E-state index contributed by atoms with van der Waals surface area (Å²) in [6.45, 7) is 5.47. The summed E-state index contributed by atoms with van der Waals surface area (Å²) in [6.07, 6.45) is -1.13. The fourth-order valence-corrected chi connectivity index (χ4v) is 6.05. The number of nitrogens with zero attached hydrogens (tertiary/aromatic N) is 4. The maximum absolute atomic E-state index is 14.5. The highest BCUT2D eigenvalue weighted by Gasteiger charge is 2.34. The lowest BCUT2D eigenvalue weighted by atomic mass is 9.83. The van der Waals surface area contributed by atoms with Crippen molar-refractivity contribution in [3.63, 3.8) is 0 Å². The van der Waals surface area contributed by atoms with E-state index in [1.807, 2.05) is 20.8 Å². The molecule has 2 bridgehead atoms. The van der Waals surface area contributed by atoms with Crippen molar-refractivity contribution < 1.29 is 36.6 Å². The van der Waals surface area contributed by atoms with E-state index < -0.39 is 35.0 Å². The number of aromatic amines is 1. The third-order valence-electron chi connectivity index (χ3n) is 8.82. The Kier molecular flexibility index (Phi) is 8.84. The molecule has 0 radical (unpaired) electrons. The van der Waals surface area contributed by atoms with Gasteiger partial charge in [-0.3, -0.25) is 10.1 Å². The van der Waals surface area contributed by atoms with Crippen LogP contribution in [0.25, 0.3) is 28.1 Å². The summed E-state index contributed by atoms with van der Waals surface area (Å²) < 4.78 is 60.7. The molecule has 3 N–H and O–H groups in total. The molecule has 5 aromatic rings. The molecule has 4 heterocycles. The van der Waals surface area contributed by atoms with Gasteiger partial charge in [0.25, 0.3) is 0 Å². The van der Waals surface area contributed by atoms with E-state index in [1.54, 1.807) is 30.3 Å². The quantitative estimate of drug-likeness (QED) is 0.101. The summed E-state index contributed by atoms with van der Waals surface area (Å²) >= 11 is 0. The molecule has 11 nitrogen and oxygen atoms in total. The van der Waals surface area contributed by atoms with E-state index in [1.165, 1.54) is 19.4 Å². The van der Waals surface area contributed by atoms with Gasteiger partial charge in [0.2, 0.25) is 11.6 Å². The average Bonchev–Trinajstić information content (AvgIpc) is 3.71. The Morgan fingerprint density at radius 1 is 1.14 bits per heavy atom. The van der Waals surface area contributed by atoms with Gasteiger partial charge in [-0.25, -0.2) is 18.9 Å². The second kappa shape index (κ2) is 12.9. The number of hydrogen-bond acceptors (Lipinski definition) is 6. The zero-order chi connectivity index (χ0) is 36.0. The number of aromatic nitrogens is 5. The van der Waals surface area contributed by atoms with Crippen molar-refractivity contribution in [2.75, 3.05) is 17.7 Å². The number of rotatable bonds is 4. The molecule has 0 fully saturated rings. The first-order valence-electron chi connectivity index (χ1n) is 15.7. The molecule has 0 spiro atoms. The van der Waals surface area contributed by atoms with Crippen LogP contribution in [-0.2, 0) is 15.7 Å². The normalized spacial score (nSPS) is 16.1. The van der Waals surface area contributed by atoms with Gasteiger partial charge >= 0.3 is 12.3 Å². The number of aryl methyl sites for hydroxylation is 1. The number of methoxy groups -OCH3 is 1. The van der Waals surface area contributed by atoms with Gasteiger partial charge in [-0.15, -0.1) is 0 Å². The van der Waals surface area contributed by atoms with E-state index >= 15 is 0 Å². The van der Waals surface area contributed by atoms with E-state index in [0.717, 1.165) is 23.0 Å². The van der Waals surface area contributed by atoms with Crippen LogP contribution in [0.1, 0.15) is 61.8 Å². The minimum atomic E-state index is -4.62. The molecule has 0 unspecified atom stereocenters. The number of imidazole rings is 1. The largest absolute Gasteiger partial charge is 0.618 e. The second-order valence-corrected chi connectivity index (χ2v) is 12.8. The molecule has 1 atom stereocenters. The van der Waals surface area contributed by atoms with Crippen LogP contribution in [0, 0.1) is 23.4 Å². The Hall–Kier alpha value is -5.73. The first kappa shape index (κ1) is 34.1. The molecule has 6 rings (SSSR count). The summed E-state index contributed by atoms with van der Waals surface area (Å²) in [5.41, 5.74) is 1.71. The topological polar surface area (TPSA) is 141 Å². The van der Waals surface area contributed by atoms with Crippen LogP contribution in [0.4, 0.5) is 33.7 Å². The monoisotopic (exact) mass is 691 g/mol. The highest BCUT2D eigenvalue weighted by atomic mass is 19.4. The molecule has 0 saturated carbocycles. The minimum Gasteiger partial charge on any atom is -0.618 e. The van der Waals surface area contributed by atoms with E-state index in [4.69, 9.17) is 9.72 Å². The van der Waals surface area contributed by atoms with Gasteiger partial charge in [0, 0.05) is 45.7 Å². The number of benzene rings is 2. The number of fused-ring (bicyclic) bond motifs is 4. The molecular weight excluding hydrogens is 658 g/mol. The number of anilines is 2. The predicted molar refractivity (Wildman–Crippen MR) is 176 cm³/mol. The van der Waals surface area contributed by atoms with Crippen molar-refractivity contribution in [3.8, 4) is 28.1 Å². The fraction of sp³-hybridized carbons (Fsp3) is 0.286. The van der Waals surface area contributed by atoms with Crippen LogP contribution in [0.3, 0.4) is 0 Å². The van der Waals surface area contributed by atoms with Gasteiger partial charge in [-0.2, -0.15) is 23.0 Å². The Morgan fingerprint density at radius 3 is 2.62 bits per heavy atom. The summed E-state index contributed by atoms with van der Waals surface area (Å²) in [5, 5.41) is 23.2. The molecule has 260 valence electrons. The molecule has 1 aliphatic rings. The molecule has 2 aromatic carbocycles. The first-order chi connectivity index (χ1) is 23.6. The van der Waals surface area contributed by atoms with Gasteiger partial charge in [-0.1, -0.05) is 20.3 Å². The zero-order valence-electron chi connectivity index (χ0n) is 27.5. The molecule has 0 aliphatic carbocycles. The summed E-state index contributed by atoms with van der Waals surface area (Å²) in [6, 6.07) is 11.7. The minimum absolute atomic E-state index is 0.149. The van der Waals surface area contributed by atoms with Crippen LogP contribution in [0.2, 0.25) is 0 Å². The third-order valence-corrected chi connectivity index (χ3v) is 8.82. The van der Waals surface area contributed by atoms with Gasteiger partial charge < -0.3 is 20.2 Å². The smallest absolute Gasteiger partial charge is 0.419 e. The van der Waals surface area contributed by atoms with Crippen LogP contribution < -0.4 is 15.4 Å². The number of ether oxygens (including phenoxy) is 1. The van der Waals surface area contributed by atoms with Crippen molar-refractivity contribution in [1.82, 2.24) is 19.7 Å². The van der Waals surface area contributed by atoms with Gasteiger partial charge in [0.15, 0.2) is 6.20 Å². The standard InChI is InChI=1S/C35H33F4N7O4/c1-19-30-24-10-9-23(42-33(48)50-4)15-27(24)43-32(47)34(2,3)13-5-6-25(31(41-19)44-30)29-11-7-20(17-46(29)49)26-14-22(36)8-12-28(26)45-18-21(16-40-45)35(37,38)39/h7-12,14-18,25H,5-6,13H2,1-4H3,(H,41,44)(H,42,48)(H,43,47)/t25-/m1/s1. The number of H-pyrrole nitrogens is 1. The number of nitrogens with one attached hydrogen (secondary N) is 3. The molecule has 0 saturated heterocycles. The fourth-order valence-electron chi connectivity index (χ4n) is 6.05. The van der Waals surface area contributed by atoms with Crippen molar-refractivity contribution in [1.29, 1.82) is 0 Å². The predicted octanol–water partition coefficient (Wildman–Crippen LogP) is 7.49. The maximum atomic E-state index is 14.5. The number of alkyl halides is 3. The molecule has 50 heavy (non-hydrogen) atoms. The average molecular weight is 692 g/mol. The van der Waals surface area contributed by atoms with Gasteiger partial charge in [0.1, 0.15) is 17.6 Å². The third kappa shape index (κ3) is 6.75. The van der Waals surface area contributed by atoms with Crippen LogP contribution >= 0.6 is 0 Å². The van der Waals surface area contributed by atoms with Crippen molar-refractivity contribution >= 4 is 23.4 Å². The van der Waals surface area contributed by atoms with Gasteiger partial charge in [0.05, 0.1) is 35.9 Å². The van der Waals surface area contributed by atoms with Crippen molar-refractivity contribution in [3.05, 3.63) is 101 Å². The van der Waals surface area contributed by atoms with Crippen LogP contribution in [0.15, 0.2) is 67.1 Å². The lowest BCUT2D eigenvalue weighted by Gasteiger charge is -2.26. The maximum Gasteiger partial charge on any atom is 0.419 e. The molecule has 15 heteroatoms. The summed E-state index contributed by atoms with van der Waals surface area (Å²) in [4.78, 5) is 33.6. The Balaban J connectivity index is 1.42. The van der Waals surface area contributed by atoms with E-state index in [-0.39, 0.29) is 22.7 Å². The molecule has 2 amide bonds. The number of carbonyl (C=O) groups excluding carboxylic acids is 2. The highest BCUT2D eigenvalue weighted by Crippen LogP contribution is 2.39. The summed E-state index contributed by atoms with van der Waals surface area (Å²) in [5.74, 6) is -0.937. The molecular formula is C35H33F4N7O4. The second-order valence-electron chi connectivity index (χ2n) is 12.8. The van der Waals surface area contributed by atoms with Crippen LogP contribution in [-0.4, -0.2) is 38.9 Å². The number of hydrogen-bond donors (Lipinski definition) is 3. The molecule has 3 aromatic heterocycles. The Labute approximate surface area is 283 Å². The van der Waals surface area contributed by atoms with Crippen LogP contribution in [0.5, 0.6) is 0 Å². The lowest BCUT2D eigenvalue weighted by Crippen LogP contribution is -2.34. The van der Waals surface area contributed by atoms with Gasteiger partial charge in [-0.05, 0) is 62.2 Å². The number of amides is 2. The Bertz CT molecular complexity index is 2100. The lowest BCUT2D eigenvalue weighted by molar-refractivity contribution is -0.614. The zero-order valence-corrected chi connectivity index (χ0v) is 27.5. The first-order valence-corrected chi connectivity index (χ1v) is 15.7. The van der Waals surface area contributed by atoms with Crippen molar-refractivity contribution in [2.24, 2.45) is 5.41 Å². The molecule has 1 aliphatic heterocycles. The van der Waals surface area contributed by atoms with E-state index in [0.29, 0.717) is 70.0 Å². The number of carbonyl (C=O) groups is 2.